The van der Waals surface area contributed by atoms with Crippen molar-refractivity contribution in [1.82, 2.24) is 10.6 Å². The number of halogens is 1. The highest BCUT2D eigenvalue weighted by atomic mass is 35.5. The number of carbonyl (C=O) groups is 2. The van der Waals surface area contributed by atoms with Crippen LogP contribution < -0.4 is 15.4 Å². The summed E-state index contributed by atoms with van der Waals surface area (Å²) in [4.78, 5) is 23.5. The summed E-state index contributed by atoms with van der Waals surface area (Å²) in [6, 6.07) is 6.78. The molecule has 0 aliphatic carbocycles. The van der Waals surface area contributed by atoms with Crippen LogP contribution in [0.1, 0.15) is 33.6 Å². The Labute approximate surface area is 148 Å². The standard InChI is InChI=1S/C18H25ClN2O3/c1-13(21-16(22)11-18(2,3)4)9-10-20-17(23)12-24-15-7-5-14(19)6-8-15/h5-8H,1,9-12H2,2-4H3,(H,20,23)(H,21,22). The van der Waals surface area contributed by atoms with E-state index in [4.69, 9.17) is 16.3 Å². The van der Waals surface area contributed by atoms with E-state index in [1.807, 2.05) is 20.8 Å². The second-order valence-electron chi connectivity index (χ2n) is 6.73. The molecule has 5 nitrogen and oxygen atoms in total. The first-order valence-electron chi connectivity index (χ1n) is 7.78. The molecule has 2 N–H and O–H groups in total. The molecule has 0 aromatic heterocycles. The first kappa shape index (κ1) is 20.0. The molecule has 1 aromatic carbocycles. The van der Waals surface area contributed by atoms with Crippen LogP contribution in [0.4, 0.5) is 0 Å². The number of hydrogen-bond donors (Lipinski definition) is 2. The molecule has 0 radical (unpaired) electrons. The van der Waals surface area contributed by atoms with Gasteiger partial charge in [0, 0.05) is 30.1 Å². The first-order chi connectivity index (χ1) is 11.2. The van der Waals surface area contributed by atoms with E-state index in [9.17, 15) is 9.59 Å². The monoisotopic (exact) mass is 352 g/mol. The Kier molecular flexibility index (Phi) is 7.79. The van der Waals surface area contributed by atoms with Crippen molar-refractivity contribution in [2.24, 2.45) is 5.41 Å². The molecule has 6 heteroatoms. The van der Waals surface area contributed by atoms with Gasteiger partial charge in [0.1, 0.15) is 5.75 Å². The summed E-state index contributed by atoms with van der Waals surface area (Å²) in [5, 5.41) is 6.07. The van der Waals surface area contributed by atoms with Gasteiger partial charge in [-0.1, -0.05) is 39.0 Å². The van der Waals surface area contributed by atoms with Crippen molar-refractivity contribution < 1.29 is 14.3 Å². The van der Waals surface area contributed by atoms with Crippen LogP contribution in [-0.2, 0) is 9.59 Å². The van der Waals surface area contributed by atoms with Gasteiger partial charge in [0.2, 0.25) is 5.91 Å². The number of hydrogen-bond acceptors (Lipinski definition) is 3. The molecule has 0 spiro atoms. The van der Waals surface area contributed by atoms with Crippen molar-refractivity contribution in [3.8, 4) is 5.75 Å². The van der Waals surface area contributed by atoms with E-state index in [1.165, 1.54) is 0 Å². The lowest BCUT2D eigenvalue weighted by molar-refractivity contribution is -0.123. The highest BCUT2D eigenvalue weighted by Gasteiger charge is 2.16. The lowest BCUT2D eigenvalue weighted by atomic mass is 9.92. The number of rotatable bonds is 8. The van der Waals surface area contributed by atoms with Crippen LogP contribution in [0.3, 0.4) is 0 Å². The Morgan fingerprint density at radius 1 is 1.17 bits per heavy atom. The highest BCUT2D eigenvalue weighted by molar-refractivity contribution is 6.30. The molecule has 0 aliphatic heterocycles. The quantitative estimate of drug-likeness (QED) is 0.754. The fourth-order valence-corrected chi connectivity index (χ4v) is 2.00. The second kappa shape index (κ2) is 9.33. The number of amides is 2. The van der Waals surface area contributed by atoms with Crippen molar-refractivity contribution in [2.75, 3.05) is 13.2 Å². The Morgan fingerprint density at radius 2 is 1.79 bits per heavy atom. The summed E-state index contributed by atoms with van der Waals surface area (Å²) < 4.78 is 5.34. The van der Waals surface area contributed by atoms with E-state index in [0.717, 1.165) is 0 Å². The van der Waals surface area contributed by atoms with E-state index >= 15 is 0 Å². The minimum atomic E-state index is -0.237. The van der Waals surface area contributed by atoms with Gasteiger partial charge in [-0.15, -0.1) is 0 Å². The fraction of sp³-hybridized carbons (Fsp3) is 0.444. The van der Waals surface area contributed by atoms with Crippen molar-refractivity contribution in [3.05, 3.63) is 41.6 Å². The van der Waals surface area contributed by atoms with Crippen LogP contribution in [-0.4, -0.2) is 25.0 Å². The van der Waals surface area contributed by atoms with Gasteiger partial charge in [-0.3, -0.25) is 9.59 Å². The van der Waals surface area contributed by atoms with Gasteiger partial charge in [-0.05, 0) is 29.7 Å². The van der Waals surface area contributed by atoms with Crippen molar-refractivity contribution >= 4 is 23.4 Å². The summed E-state index contributed by atoms with van der Waals surface area (Å²) in [6.07, 6.45) is 0.899. The average Bonchev–Trinajstić information content (AvgIpc) is 2.44. The van der Waals surface area contributed by atoms with Crippen LogP contribution in [0.25, 0.3) is 0 Å². The Balaban J connectivity index is 2.19. The Bertz CT molecular complexity index is 577. The van der Waals surface area contributed by atoms with E-state index < -0.39 is 0 Å². The molecular weight excluding hydrogens is 328 g/mol. The van der Waals surface area contributed by atoms with Crippen LogP contribution in [0.2, 0.25) is 5.02 Å². The van der Waals surface area contributed by atoms with Gasteiger partial charge in [0.15, 0.2) is 6.61 Å². The number of benzene rings is 1. The molecule has 1 aromatic rings. The predicted octanol–water partition coefficient (Wildman–Crippen LogP) is 3.29. The summed E-state index contributed by atoms with van der Waals surface area (Å²) in [5.41, 5.74) is 0.514. The van der Waals surface area contributed by atoms with Crippen molar-refractivity contribution in [3.63, 3.8) is 0 Å². The molecule has 24 heavy (non-hydrogen) atoms. The molecule has 0 atom stereocenters. The largest absolute Gasteiger partial charge is 0.484 e. The first-order valence-corrected chi connectivity index (χ1v) is 8.16. The van der Waals surface area contributed by atoms with Crippen LogP contribution in [0.5, 0.6) is 5.75 Å². The molecule has 1 rings (SSSR count). The average molecular weight is 353 g/mol. The number of carbonyl (C=O) groups excluding carboxylic acids is 2. The Morgan fingerprint density at radius 3 is 2.38 bits per heavy atom. The third kappa shape index (κ3) is 9.20. The van der Waals surface area contributed by atoms with Gasteiger partial charge >= 0.3 is 0 Å². The molecule has 0 saturated heterocycles. The van der Waals surface area contributed by atoms with E-state index in [1.54, 1.807) is 24.3 Å². The molecule has 0 heterocycles. The summed E-state index contributed by atoms with van der Waals surface area (Å²) >= 11 is 5.77. The van der Waals surface area contributed by atoms with Crippen molar-refractivity contribution in [1.29, 1.82) is 0 Å². The summed E-state index contributed by atoms with van der Waals surface area (Å²) in [7, 11) is 0. The zero-order valence-corrected chi connectivity index (χ0v) is 15.2. The topological polar surface area (TPSA) is 67.4 Å². The maximum atomic E-state index is 11.8. The minimum absolute atomic E-state index is 0.0649. The highest BCUT2D eigenvalue weighted by Crippen LogP contribution is 2.18. The molecule has 132 valence electrons. The third-order valence-electron chi connectivity index (χ3n) is 2.94. The van der Waals surface area contributed by atoms with E-state index in [0.29, 0.717) is 35.9 Å². The molecule has 0 saturated carbocycles. The molecule has 0 unspecified atom stereocenters. The lowest BCUT2D eigenvalue weighted by Crippen LogP contribution is -2.32. The lowest BCUT2D eigenvalue weighted by Gasteiger charge is -2.18. The van der Waals surface area contributed by atoms with Gasteiger partial charge in [0.25, 0.3) is 5.91 Å². The molecule has 0 aliphatic rings. The van der Waals surface area contributed by atoms with Gasteiger partial charge < -0.3 is 15.4 Å². The molecule has 2 amide bonds. The summed E-state index contributed by atoms with van der Waals surface area (Å²) in [6.45, 7) is 10.1. The molecule has 0 bridgehead atoms. The third-order valence-corrected chi connectivity index (χ3v) is 3.19. The zero-order valence-electron chi connectivity index (χ0n) is 14.4. The maximum Gasteiger partial charge on any atom is 0.257 e. The molecular formula is C18H25ClN2O3. The number of ether oxygens (including phenoxy) is 1. The van der Waals surface area contributed by atoms with Gasteiger partial charge in [-0.25, -0.2) is 0 Å². The van der Waals surface area contributed by atoms with Gasteiger partial charge in [-0.2, -0.15) is 0 Å². The van der Waals surface area contributed by atoms with Crippen LogP contribution >= 0.6 is 11.6 Å². The second-order valence-corrected chi connectivity index (χ2v) is 7.17. The normalized spacial score (nSPS) is 10.8. The van der Waals surface area contributed by atoms with Crippen LogP contribution in [0.15, 0.2) is 36.5 Å². The zero-order chi connectivity index (χ0) is 18.2. The van der Waals surface area contributed by atoms with Crippen molar-refractivity contribution in [2.45, 2.75) is 33.6 Å². The maximum absolute atomic E-state index is 11.8. The molecule has 0 fully saturated rings. The smallest absolute Gasteiger partial charge is 0.257 e. The Hall–Kier alpha value is -2.01. The van der Waals surface area contributed by atoms with Crippen LogP contribution in [0, 0.1) is 5.41 Å². The minimum Gasteiger partial charge on any atom is -0.484 e. The summed E-state index contributed by atoms with van der Waals surface area (Å²) in [5.74, 6) is 0.275. The SMILES string of the molecule is C=C(CCNC(=O)COc1ccc(Cl)cc1)NC(=O)CC(C)(C)C. The van der Waals surface area contributed by atoms with Gasteiger partial charge in [0.05, 0.1) is 0 Å². The number of nitrogens with one attached hydrogen (secondary N) is 2. The van der Waals surface area contributed by atoms with E-state index in [2.05, 4.69) is 17.2 Å². The fourth-order valence-electron chi connectivity index (χ4n) is 1.87. The predicted molar refractivity (Wildman–Crippen MR) is 95.9 cm³/mol. The van der Waals surface area contributed by atoms with E-state index in [-0.39, 0.29) is 23.8 Å².